The quantitative estimate of drug-likeness (QED) is 0.878. The molecule has 2 aromatic carbocycles. The summed E-state index contributed by atoms with van der Waals surface area (Å²) in [7, 11) is 1.61. The van der Waals surface area contributed by atoms with Crippen molar-refractivity contribution >= 4 is 5.91 Å². The van der Waals surface area contributed by atoms with Crippen LogP contribution in [-0.4, -0.2) is 50.8 Å². The Bertz CT molecular complexity index is 667. The number of nitrogens with zero attached hydrogens (tertiary/aromatic N) is 1. The van der Waals surface area contributed by atoms with Crippen LogP contribution in [0.1, 0.15) is 22.0 Å². The van der Waals surface area contributed by atoms with Crippen LogP contribution in [0.5, 0.6) is 5.75 Å². The predicted octanol–water partition coefficient (Wildman–Crippen LogP) is 2.50. The van der Waals surface area contributed by atoms with Crippen LogP contribution in [0, 0.1) is 0 Å². The van der Waals surface area contributed by atoms with E-state index in [1.807, 2.05) is 18.2 Å². The molecule has 0 saturated carbocycles. The van der Waals surface area contributed by atoms with E-state index >= 15 is 0 Å². The van der Waals surface area contributed by atoms with E-state index in [4.69, 9.17) is 9.47 Å². The number of rotatable bonds is 6. The maximum atomic E-state index is 12.7. The van der Waals surface area contributed by atoms with Crippen LogP contribution in [0.25, 0.3) is 0 Å². The molecular weight excluding hydrogens is 316 g/mol. The van der Waals surface area contributed by atoms with E-state index < -0.39 is 0 Å². The lowest BCUT2D eigenvalue weighted by molar-refractivity contribution is 0.0332. The fourth-order valence-electron chi connectivity index (χ4n) is 2.95. The third-order valence-electron chi connectivity index (χ3n) is 4.40. The van der Waals surface area contributed by atoms with Gasteiger partial charge in [-0.3, -0.25) is 9.69 Å². The number of carbonyl (C=O) groups is 1. The van der Waals surface area contributed by atoms with Gasteiger partial charge in [-0.1, -0.05) is 30.3 Å². The molecule has 1 aliphatic heterocycles. The number of amides is 1. The highest BCUT2D eigenvalue weighted by molar-refractivity contribution is 5.94. The predicted molar refractivity (Wildman–Crippen MR) is 96.9 cm³/mol. The topological polar surface area (TPSA) is 50.8 Å². The van der Waals surface area contributed by atoms with Gasteiger partial charge in [-0.2, -0.15) is 0 Å². The number of methoxy groups -OCH3 is 1. The lowest BCUT2D eigenvalue weighted by Gasteiger charge is -2.31. The molecule has 2 aromatic rings. The number of nitrogens with one attached hydrogen (secondary N) is 1. The molecule has 0 aliphatic carbocycles. The molecule has 0 aromatic heterocycles. The Labute approximate surface area is 148 Å². The van der Waals surface area contributed by atoms with Gasteiger partial charge in [-0.15, -0.1) is 0 Å². The molecule has 3 rings (SSSR count). The fraction of sp³-hybridized carbons (Fsp3) is 0.350. The van der Waals surface area contributed by atoms with Gasteiger partial charge in [0.25, 0.3) is 5.91 Å². The first-order valence-electron chi connectivity index (χ1n) is 8.56. The first kappa shape index (κ1) is 17.5. The number of ether oxygens (including phenoxy) is 2. The molecule has 1 saturated heterocycles. The van der Waals surface area contributed by atoms with Gasteiger partial charge >= 0.3 is 0 Å². The third kappa shape index (κ3) is 4.81. The van der Waals surface area contributed by atoms with Crippen molar-refractivity contribution < 1.29 is 14.3 Å². The van der Waals surface area contributed by atoms with Gasteiger partial charge in [0, 0.05) is 25.2 Å². The molecule has 1 heterocycles. The summed E-state index contributed by atoms with van der Waals surface area (Å²) in [6, 6.07) is 17.2. The van der Waals surface area contributed by atoms with Crippen LogP contribution in [0.15, 0.2) is 54.6 Å². The number of hydrogen-bond acceptors (Lipinski definition) is 4. The highest BCUT2D eigenvalue weighted by Gasteiger charge is 2.20. The van der Waals surface area contributed by atoms with E-state index in [-0.39, 0.29) is 11.9 Å². The zero-order valence-electron chi connectivity index (χ0n) is 14.5. The molecule has 1 amide bonds. The lowest BCUT2D eigenvalue weighted by atomic mass is 10.1. The zero-order chi connectivity index (χ0) is 17.5. The van der Waals surface area contributed by atoms with Crippen LogP contribution < -0.4 is 10.1 Å². The maximum absolute atomic E-state index is 12.7. The monoisotopic (exact) mass is 340 g/mol. The van der Waals surface area contributed by atoms with Crippen molar-refractivity contribution in [3.05, 3.63) is 65.7 Å². The largest absolute Gasteiger partial charge is 0.497 e. The number of carbonyl (C=O) groups excluding carboxylic acids is 1. The van der Waals surface area contributed by atoms with Gasteiger partial charge in [0.2, 0.25) is 0 Å². The Hall–Kier alpha value is -2.37. The average molecular weight is 340 g/mol. The molecule has 0 bridgehead atoms. The van der Waals surface area contributed by atoms with Crippen molar-refractivity contribution in [1.82, 2.24) is 10.2 Å². The van der Waals surface area contributed by atoms with Crippen molar-refractivity contribution in [2.24, 2.45) is 0 Å². The highest BCUT2D eigenvalue weighted by atomic mass is 16.5. The Balaban J connectivity index is 1.72. The minimum Gasteiger partial charge on any atom is -0.497 e. The molecule has 25 heavy (non-hydrogen) atoms. The molecule has 1 aliphatic rings. The molecule has 1 unspecified atom stereocenters. The van der Waals surface area contributed by atoms with Crippen LogP contribution in [0.4, 0.5) is 0 Å². The molecule has 1 fully saturated rings. The van der Waals surface area contributed by atoms with Crippen molar-refractivity contribution in [3.63, 3.8) is 0 Å². The van der Waals surface area contributed by atoms with Gasteiger partial charge in [-0.05, 0) is 29.8 Å². The standard InChI is InChI=1S/C20H24N2O3/c1-24-18-9-7-17(8-10-18)20(23)21-19(16-5-3-2-4-6-16)15-22-11-13-25-14-12-22/h2-10,19H,11-15H2,1H3,(H,21,23). The minimum atomic E-state index is -0.0789. The summed E-state index contributed by atoms with van der Waals surface area (Å²) in [6.45, 7) is 4.04. The summed E-state index contributed by atoms with van der Waals surface area (Å²) in [5.74, 6) is 0.661. The van der Waals surface area contributed by atoms with Crippen molar-refractivity contribution in [2.45, 2.75) is 6.04 Å². The molecule has 132 valence electrons. The molecule has 5 nitrogen and oxygen atoms in total. The number of benzene rings is 2. The summed E-state index contributed by atoms with van der Waals surface area (Å²) in [5, 5.41) is 3.17. The fourth-order valence-corrected chi connectivity index (χ4v) is 2.95. The number of morpholine rings is 1. The van der Waals surface area contributed by atoms with E-state index in [0.717, 1.165) is 44.2 Å². The van der Waals surface area contributed by atoms with E-state index in [9.17, 15) is 4.79 Å². The zero-order valence-corrected chi connectivity index (χ0v) is 14.5. The van der Waals surface area contributed by atoms with Crippen molar-refractivity contribution in [3.8, 4) is 5.75 Å². The average Bonchev–Trinajstić information content (AvgIpc) is 2.69. The van der Waals surface area contributed by atoms with Crippen molar-refractivity contribution in [2.75, 3.05) is 40.0 Å². The van der Waals surface area contributed by atoms with E-state index in [0.29, 0.717) is 5.56 Å². The summed E-state index contributed by atoms with van der Waals surface area (Å²) in [5.41, 5.74) is 1.74. The molecule has 1 atom stereocenters. The summed E-state index contributed by atoms with van der Waals surface area (Å²) >= 11 is 0. The van der Waals surface area contributed by atoms with Gasteiger partial charge in [-0.25, -0.2) is 0 Å². The molecular formula is C20H24N2O3. The lowest BCUT2D eigenvalue weighted by Crippen LogP contribution is -2.43. The molecule has 1 N–H and O–H groups in total. The van der Waals surface area contributed by atoms with E-state index in [2.05, 4.69) is 22.3 Å². The summed E-state index contributed by atoms with van der Waals surface area (Å²) < 4.78 is 10.6. The normalized spacial score (nSPS) is 16.2. The Kier molecular flexibility index (Phi) is 6.04. The van der Waals surface area contributed by atoms with E-state index in [1.165, 1.54) is 0 Å². The van der Waals surface area contributed by atoms with Gasteiger partial charge in [0.1, 0.15) is 5.75 Å². The maximum Gasteiger partial charge on any atom is 0.251 e. The second-order valence-electron chi connectivity index (χ2n) is 6.08. The molecule has 5 heteroatoms. The van der Waals surface area contributed by atoms with E-state index in [1.54, 1.807) is 31.4 Å². The van der Waals surface area contributed by atoms with Crippen LogP contribution in [0.2, 0.25) is 0 Å². The van der Waals surface area contributed by atoms with Crippen LogP contribution >= 0.6 is 0 Å². The van der Waals surface area contributed by atoms with Crippen molar-refractivity contribution in [1.29, 1.82) is 0 Å². The van der Waals surface area contributed by atoms with Gasteiger partial charge < -0.3 is 14.8 Å². The minimum absolute atomic E-state index is 0.0612. The summed E-state index contributed by atoms with van der Waals surface area (Å²) in [4.78, 5) is 15.0. The first-order valence-corrected chi connectivity index (χ1v) is 8.56. The second kappa shape index (κ2) is 8.65. The highest BCUT2D eigenvalue weighted by Crippen LogP contribution is 2.17. The van der Waals surface area contributed by atoms with Gasteiger partial charge in [0.15, 0.2) is 0 Å². The second-order valence-corrected chi connectivity index (χ2v) is 6.08. The Morgan fingerprint density at radius 1 is 1.12 bits per heavy atom. The first-order chi connectivity index (χ1) is 12.3. The SMILES string of the molecule is COc1ccc(C(=O)NC(CN2CCOCC2)c2ccccc2)cc1. The third-order valence-corrected chi connectivity index (χ3v) is 4.40. The van der Waals surface area contributed by atoms with Gasteiger partial charge in [0.05, 0.1) is 26.4 Å². The van der Waals surface area contributed by atoms with Crippen LogP contribution in [0.3, 0.4) is 0 Å². The smallest absolute Gasteiger partial charge is 0.251 e. The molecule has 0 radical (unpaired) electrons. The Morgan fingerprint density at radius 3 is 2.44 bits per heavy atom. The number of hydrogen-bond donors (Lipinski definition) is 1. The summed E-state index contributed by atoms with van der Waals surface area (Å²) in [6.07, 6.45) is 0. The molecule has 0 spiro atoms. The Morgan fingerprint density at radius 2 is 1.80 bits per heavy atom. The van der Waals surface area contributed by atoms with Crippen LogP contribution in [-0.2, 0) is 4.74 Å².